The van der Waals surface area contributed by atoms with Crippen LogP contribution in [-0.2, 0) is 10.2 Å². The number of rotatable bonds is 2. The van der Waals surface area contributed by atoms with Crippen LogP contribution in [0.25, 0.3) is 0 Å². The first kappa shape index (κ1) is 17.0. The van der Waals surface area contributed by atoms with Crippen molar-refractivity contribution in [1.82, 2.24) is 19.9 Å². The molecule has 11 nitrogen and oxygen atoms in total. The summed E-state index contributed by atoms with van der Waals surface area (Å²) >= 11 is 0. The summed E-state index contributed by atoms with van der Waals surface area (Å²) in [7, 11) is 2.70. The SMILES string of the molecule is COc1nc2c(c(=O)[nH]1)C1(C(=O)Nc3ccccc31)c1c(nc(OC)[nH]c1=O)N2. The fraction of sp³-hybridized carbons (Fsp3) is 0.167. The predicted octanol–water partition coefficient (Wildman–Crippen LogP) is 0.214. The van der Waals surface area contributed by atoms with Crippen LogP contribution >= 0.6 is 0 Å². The molecule has 4 heterocycles. The van der Waals surface area contributed by atoms with Crippen LogP contribution in [0, 0.1) is 0 Å². The van der Waals surface area contributed by atoms with Gasteiger partial charge in [0.15, 0.2) is 0 Å². The summed E-state index contributed by atoms with van der Waals surface area (Å²) in [6, 6.07) is 6.73. The molecule has 2 aliphatic heterocycles. The zero-order chi connectivity index (χ0) is 20.3. The lowest BCUT2D eigenvalue weighted by Crippen LogP contribution is -2.48. The molecule has 2 aliphatic rings. The Morgan fingerprint density at radius 3 is 1.93 bits per heavy atom. The Balaban J connectivity index is 1.98. The number of benzene rings is 1. The van der Waals surface area contributed by atoms with Gasteiger partial charge in [0.05, 0.1) is 25.3 Å². The average Bonchev–Trinajstić information content (AvgIpc) is 2.99. The highest BCUT2D eigenvalue weighted by Crippen LogP contribution is 2.51. The standard InChI is InChI=1S/C18H14N6O5/c1-28-16-21-11-9(13(25)23-16)18(7-5-3-4-6-8(7)19-15(18)27)10-12(20-11)22-17(29-2)24-14(10)26/h3-6H,1-2H3,(H,19,27)(H3,20,21,22,23,24,25,26). The van der Waals surface area contributed by atoms with E-state index >= 15 is 0 Å². The summed E-state index contributed by atoms with van der Waals surface area (Å²) in [6.45, 7) is 0. The molecule has 1 aromatic carbocycles. The maximum atomic E-state index is 13.4. The van der Waals surface area contributed by atoms with Gasteiger partial charge < -0.3 is 20.1 Å². The number of nitrogens with zero attached hydrogens (tertiary/aromatic N) is 2. The van der Waals surface area contributed by atoms with Crippen molar-refractivity contribution in [3.05, 3.63) is 61.7 Å². The summed E-state index contributed by atoms with van der Waals surface area (Å²) in [5.74, 6) is -0.437. The number of para-hydroxylation sites is 1. The maximum Gasteiger partial charge on any atom is 0.298 e. The number of hydrogen-bond donors (Lipinski definition) is 4. The van der Waals surface area contributed by atoms with Gasteiger partial charge in [0, 0.05) is 11.3 Å². The maximum absolute atomic E-state index is 13.4. The third kappa shape index (κ3) is 2.03. The lowest BCUT2D eigenvalue weighted by atomic mass is 9.69. The zero-order valence-corrected chi connectivity index (χ0v) is 15.2. The number of nitrogens with one attached hydrogen (secondary N) is 4. The number of carbonyl (C=O) groups is 1. The van der Waals surface area contributed by atoms with E-state index in [9.17, 15) is 14.4 Å². The normalized spacial score (nSPS) is 15.0. The number of amides is 1. The minimum Gasteiger partial charge on any atom is -0.468 e. The highest BCUT2D eigenvalue weighted by atomic mass is 16.5. The number of ether oxygens (including phenoxy) is 2. The lowest BCUT2D eigenvalue weighted by Gasteiger charge is -2.33. The van der Waals surface area contributed by atoms with Crippen molar-refractivity contribution in [3.8, 4) is 12.0 Å². The molecule has 29 heavy (non-hydrogen) atoms. The van der Waals surface area contributed by atoms with E-state index in [2.05, 4.69) is 30.6 Å². The van der Waals surface area contributed by atoms with Gasteiger partial charge in [-0.25, -0.2) is 0 Å². The first-order chi connectivity index (χ1) is 14.0. The average molecular weight is 394 g/mol. The highest BCUT2D eigenvalue weighted by molar-refractivity contribution is 6.13. The second-order valence-electron chi connectivity index (χ2n) is 6.47. The lowest BCUT2D eigenvalue weighted by molar-refractivity contribution is -0.118. The Bertz CT molecular complexity index is 1240. The minimum absolute atomic E-state index is 0.0225. The minimum atomic E-state index is -1.74. The number of aromatic nitrogens is 4. The summed E-state index contributed by atoms with van der Waals surface area (Å²) in [5, 5.41) is 5.63. The Morgan fingerprint density at radius 1 is 0.828 bits per heavy atom. The van der Waals surface area contributed by atoms with Gasteiger partial charge >= 0.3 is 0 Å². The van der Waals surface area contributed by atoms with Crippen molar-refractivity contribution in [2.75, 3.05) is 24.9 Å². The number of hydrogen-bond acceptors (Lipinski definition) is 8. The molecule has 0 radical (unpaired) electrons. The Morgan fingerprint density at radius 2 is 1.38 bits per heavy atom. The first-order valence-corrected chi connectivity index (χ1v) is 8.56. The fourth-order valence-electron chi connectivity index (χ4n) is 3.97. The summed E-state index contributed by atoms with van der Waals surface area (Å²) < 4.78 is 10.1. The number of methoxy groups -OCH3 is 2. The van der Waals surface area contributed by atoms with Crippen molar-refractivity contribution < 1.29 is 14.3 Å². The van der Waals surface area contributed by atoms with Gasteiger partial charge in [0.25, 0.3) is 23.1 Å². The molecule has 2 aromatic heterocycles. The van der Waals surface area contributed by atoms with Crippen LogP contribution in [0.3, 0.4) is 0 Å². The van der Waals surface area contributed by atoms with Crippen molar-refractivity contribution in [2.45, 2.75) is 5.41 Å². The van der Waals surface area contributed by atoms with Crippen LogP contribution < -0.4 is 31.2 Å². The molecular formula is C18H14N6O5. The smallest absolute Gasteiger partial charge is 0.298 e. The van der Waals surface area contributed by atoms with Crippen molar-refractivity contribution >= 4 is 23.2 Å². The van der Waals surface area contributed by atoms with Crippen LogP contribution in [-0.4, -0.2) is 40.1 Å². The van der Waals surface area contributed by atoms with E-state index < -0.39 is 22.4 Å². The predicted molar refractivity (Wildman–Crippen MR) is 101 cm³/mol. The van der Waals surface area contributed by atoms with Crippen LogP contribution in [0.5, 0.6) is 12.0 Å². The number of carbonyl (C=O) groups excluding carboxylic acids is 1. The van der Waals surface area contributed by atoms with E-state index in [-0.39, 0.29) is 34.8 Å². The number of anilines is 3. The quantitative estimate of drug-likeness (QED) is 0.482. The van der Waals surface area contributed by atoms with E-state index in [1.165, 1.54) is 14.2 Å². The third-order valence-electron chi connectivity index (χ3n) is 5.09. The van der Waals surface area contributed by atoms with Crippen LogP contribution in [0.2, 0.25) is 0 Å². The monoisotopic (exact) mass is 394 g/mol. The van der Waals surface area contributed by atoms with Crippen LogP contribution in [0.15, 0.2) is 33.9 Å². The Kier molecular flexibility index (Phi) is 3.32. The van der Waals surface area contributed by atoms with Crippen molar-refractivity contribution in [1.29, 1.82) is 0 Å². The third-order valence-corrected chi connectivity index (χ3v) is 5.09. The van der Waals surface area contributed by atoms with E-state index in [1.807, 2.05) is 0 Å². The van der Waals surface area contributed by atoms with E-state index in [1.54, 1.807) is 24.3 Å². The molecule has 4 N–H and O–H groups in total. The molecule has 1 amide bonds. The number of aromatic amines is 2. The summed E-state index contributed by atoms with van der Waals surface area (Å²) in [6.07, 6.45) is 0. The van der Waals surface area contributed by atoms with Crippen LogP contribution in [0.1, 0.15) is 16.7 Å². The zero-order valence-electron chi connectivity index (χ0n) is 15.2. The Hall–Kier alpha value is -4.15. The Labute approximate surface area is 162 Å². The van der Waals surface area contributed by atoms with Crippen molar-refractivity contribution in [3.63, 3.8) is 0 Å². The van der Waals surface area contributed by atoms with Crippen molar-refractivity contribution in [2.24, 2.45) is 0 Å². The molecule has 0 saturated carbocycles. The van der Waals surface area contributed by atoms with Crippen LogP contribution in [0.4, 0.5) is 17.3 Å². The second kappa shape index (κ2) is 5.67. The molecule has 0 fully saturated rings. The first-order valence-electron chi connectivity index (χ1n) is 8.56. The van der Waals surface area contributed by atoms with Gasteiger partial charge in [-0.3, -0.25) is 24.4 Å². The molecule has 0 aliphatic carbocycles. The molecular weight excluding hydrogens is 380 g/mol. The molecule has 11 heteroatoms. The van der Waals surface area contributed by atoms with Gasteiger partial charge in [-0.1, -0.05) is 18.2 Å². The number of H-pyrrole nitrogens is 2. The van der Waals surface area contributed by atoms with Gasteiger partial charge in [0.2, 0.25) is 5.91 Å². The second-order valence-corrected chi connectivity index (χ2v) is 6.47. The molecule has 0 saturated heterocycles. The van der Waals surface area contributed by atoms with Gasteiger partial charge in [-0.2, -0.15) is 9.97 Å². The van der Waals surface area contributed by atoms with Gasteiger partial charge in [-0.15, -0.1) is 0 Å². The molecule has 0 unspecified atom stereocenters. The molecule has 0 bridgehead atoms. The molecule has 0 atom stereocenters. The fourth-order valence-corrected chi connectivity index (χ4v) is 3.97. The highest BCUT2D eigenvalue weighted by Gasteiger charge is 2.58. The van der Waals surface area contributed by atoms with Gasteiger partial charge in [-0.05, 0) is 6.07 Å². The molecule has 5 rings (SSSR count). The van der Waals surface area contributed by atoms with E-state index in [0.717, 1.165) is 0 Å². The summed E-state index contributed by atoms with van der Waals surface area (Å²) in [5.41, 5.74) is -2.09. The van der Waals surface area contributed by atoms with E-state index in [4.69, 9.17) is 9.47 Å². The topological polar surface area (TPSA) is 151 Å². The molecule has 3 aromatic rings. The molecule has 1 spiro atoms. The van der Waals surface area contributed by atoms with E-state index in [0.29, 0.717) is 11.3 Å². The summed E-state index contributed by atoms with van der Waals surface area (Å²) in [4.78, 5) is 53.0. The number of fused-ring (bicyclic) bond motifs is 6. The van der Waals surface area contributed by atoms with Gasteiger partial charge in [0.1, 0.15) is 17.1 Å². The molecule has 146 valence electrons. The largest absolute Gasteiger partial charge is 0.468 e.